The van der Waals surface area contributed by atoms with Crippen LogP contribution >= 0.6 is 39.0 Å². The summed E-state index contributed by atoms with van der Waals surface area (Å²) < 4.78 is 1.74. The molecular formula is C12H18BrNS2. The van der Waals surface area contributed by atoms with Crippen molar-refractivity contribution < 1.29 is 0 Å². The van der Waals surface area contributed by atoms with Crippen molar-refractivity contribution in [1.29, 1.82) is 0 Å². The third-order valence-electron chi connectivity index (χ3n) is 3.01. The fraction of sp³-hybridized carbons (Fsp3) is 0.667. The lowest BCUT2D eigenvalue weighted by Gasteiger charge is -2.22. The van der Waals surface area contributed by atoms with E-state index >= 15 is 0 Å². The smallest absolute Gasteiger partial charge is 0.0730 e. The Morgan fingerprint density at radius 2 is 2.38 bits per heavy atom. The Hall–Kier alpha value is 0.490. The maximum Gasteiger partial charge on any atom is 0.0730 e. The van der Waals surface area contributed by atoms with Crippen LogP contribution in [0.3, 0.4) is 0 Å². The van der Waals surface area contributed by atoms with Gasteiger partial charge in [-0.2, -0.15) is 11.8 Å². The number of halogens is 1. The van der Waals surface area contributed by atoms with Crippen LogP contribution in [0, 0.1) is 6.92 Å². The molecule has 1 fully saturated rings. The average Bonchev–Trinajstić information content (AvgIpc) is 2.76. The molecule has 1 aromatic heterocycles. The summed E-state index contributed by atoms with van der Waals surface area (Å²) in [7, 11) is 0. The Bertz CT molecular complexity index is 336. The van der Waals surface area contributed by atoms with E-state index in [0.29, 0.717) is 4.75 Å². The summed E-state index contributed by atoms with van der Waals surface area (Å²) in [4.78, 5) is 1.43. The van der Waals surface area contributed by atoms with Crippen molar-refractivity contribution in [2.45, 2.75) is 38.0 Å². The maximum absolute atomic E-state index is 3.59. The minimum atomic E-state index is 0.476. The fourth-order valence-electron chi connectivity index (χ4n) is 2.04. The van der Waals surface area contributed by atoms with Crippen molar-refractivity contribution in [3.63, 3.8) is 0 Å². The second-order valence-corrected chi connectivity index (χ2v) is 8.81. The van der Waals surface area contributed by atoms with Crippen LogP contribution < -0.4 is 5.32 Å². The van der Waals surface area contributed by atoms with Gasteiger partial charge in [0.25, 0.3) is 0 Å². The first-order chi connectivity index (χ1) is 7.59. The number of aryl methyl sites for hydroxylation is 1. The molecular weight excluding hydrogens is 302 g/mol. The van der Waals surface area contributed by atoms with Gasteiger partial charge in [-0.15, -0.1) is 11.3 Å². The molecule has 0 saturated carbocycles. The largest absolute Gasteiger partial charge is 0.310 e. The van der Waals surface area contributed by atoms with Gasteiger partial charge in [-0.3, -0.25) is 0 Å². The molecule has 2 heterocycles. The first-order valence-electron chi connectivity index (χ1n) is 5.69. The van der Waals surface area contributed by atoms with Crippen molar-refractivity contribution in [2.75, 3.05) is 12.3 Å². The van der Waals surface area contributed by atoms with Crippen LogP contribution in [0.15, 0.2) is 9.85 Å². The minimum Gasteiger partial charge on any atom is -0.310 e. The van der Waals surface area contributed by atoms with E-state index in [1.54, 1.807) is 0 Å². The highest BCUT2D eigenvalue weighted by Gasteiger charge is 2.28. The molecule has 1 aromatic rings. The number of thiophene rings is 1. The lowest BCUT2D eigenvalue weighted by Crippen LogP contribution is -2.32. The van der Waals surface area contributed by atoms with Crippen molar-refractivity contribution in [1.82, 2.24) is 5.32 Å². The monoisotopic (exact) mass is 319 g/mol. The van der Waals surface area contributed by atoms with E-state index in [1.807, 2.05) is 11.3 Å². The van der Waals surface area contributed by atoms with E-state index < -0.39 is 0 Å². The van der Waals surface area contributed by atoms with E-state index in [9.17, 15) is 0 Å². The SMILES string of the molecule is Cc1cc(CNCC2(C)CCCS2)sc1Br. The zero-order valence-electron chi connectivity index (χ0n) is 9.81. The summed E-state index contributed by atoms with van der Waals surface area (Å²) in [5, 5.41) is 3.59. The second kappa shape index (κ2) is 5.42. The minimum absolute atomic E-state index is 0.476. The molecule has 1 N–H and O–H groups in total. The summed E-state index contributed by atoms with van der Waals surface area (Å²) in [6, 6.07) is 2.27. The lowest BCUT2D eigenvalue weighted by atomic mass is 10.1. The van der Waals surface area contributed by atoms with Crippen LogP contribution in [0.4, 0.5) is 0 Å². The van der Waals surface area contributed by atoms with Crippen molar-refractivity contribution in [3.8, 4) is 0 Å². The number of hydrogen-bond acceptors (Lipinski definition) is 3. The summed E-state index contributed by atoms with van der Waals surface area (Å²) in [6.07, 6.45) is 2.74. The Morgan fingerprint density at radius 3 is 2.94 bits per heavy atom. The Kier molecular flexibility index (Phi) is 4.38. The molecule has 0 aromatic carbocycles. The van der Waals surface area contributed by atoms with E-state index in [2.05, 4.69) is 52.9 Å². The van der Waals surface area contributed by atoms with Gasteiger partial charge in [-0.05, 0) is 60.0 Å². The molecule has 1 nitrogen and oxygen atoms in total. The maximum atomic E-state index is 3.59. The van der Waals surface area contributed by atoms with Crippen molar-refractivity contribution in [2.24, 2.45) is 0 Å². The molecule has 0 bridgehead atoms. The first-order valence-corrected chi connectivity index (χ1v) is 8.28. The molecule has 0 amide bonds. The van der Waals surface area contributed by atoms with Gasteiger partial charge in [0.15, 0.2) is 0 Å². The molecule has 1 unspecified atom stereocenters. The molecule has 1 saturated heterocycles. The van der Waals surface area contributed by atoms with Gasteiger partial charge >= 0.3 is 0 Å². The normalized spacial score (nSPS) is 25.2. The van der Waals surface area contributed by atoms with Gasteiger partial charge in [-0.1, -0.05) is 0 Å². The Balaban J connectivity index is 1.79. The molecule has 90 valence electrons. The Morgan fingerprint density at radius 1 is 1.56 bits per heavy atom. The van der Waals surface area contributed by atoms with Gasteiger partial charge < -0.3 is 5.32 Å². The molecule has 1 aliphatic heterocycles. The fourth-order valence-corrected chi connectivity index (χ4v) is 4.91. The van der Waals surface area contributed by atoms with Gasteiger partial charge in [-0.25, -0.2) is 0 Å². The first kappa shape index (κ1) is 12.9. The number of hydrogen-bond donors (Lipinski definition) is 1. The molecule has 2 rings (SSSR count). The van der Waals surface area contributed by atoms with Gasteiger partial charge in [0.1, 0.15) is 0 Å². The van der Waals surface area contributed by atoms with E-state index in [0.717, 1.165) is 13.1 Å². The quantitative estimate of drug-likeness (QED) is 0.892. The van der Waals surface area contributed by atoms with Gasteiger partial charge in [0, 0.05) is 22.7 Å². The second-order valence-electron chi connectivity index (χ2n) is 4.67. The van der Waals surface area contributed by atoms with Crippen LogP contribution in [0.5, 0.6) is 0 Å². The predicted octanol–water partition coefficient (Wildman–Crippen LogP) is 4.19. The van der Waals surface area contributed by atoms with Crippen LogP contribution in [0.2, 0.25) is 0 Å². The van der Waals surface area contributed by atoms with Crippen LogP contribution in [-0.4, -0.2) is 17.0 Å². The average molecular weight is 320 g/mol. The zero-order chi connectivity index (χ0) is 11.6. The van der Waals surface area contributed by atoms with Gasteiger partial charge in [0.2, 0.25) is 0 Å². The number of rotatable bonds is 4. The number of thioether (sulfide) groups is 1. The zero-order valence-corrected chi connectivity index (χ0v) is 13.0. The van der Waals surface area contributed by atoms with Crippen LogP contribution in [0.25, 0.3) is 0 Å². The summed E-state index contributed by atoms with van der Waals surface area (Å²) in [6.45, 7) is 6.67. The lowest BCUT2D eigenvalue weighted by molar-refractivity contribution is 0.539. The van der Waals surface area contributed by atoms with Crippen LogP contribution in [0.1, 0.15) is 30.2 Å². The highest BCUT2D eigenvalue weighted by molar-refractivity contribution is 9.11. The van der Waals surface area contributed by atoms with Gasteiger partial charge in [0.05, 0.1) is 3.79 Å². The molecule has 1 aliphatic rings. The highest BCUT2D eigenvalue weighted by atomic mass is 79.9. The standard InChI is InChI=1S/C12H18BrNS2/c1-9-6-10(16-11(9)13)7-14-8-12(2)4-3-5-15-12/h6,14H,3-5,7-8H2,1-2H3. The van der Waals surface area contributed by atoms with E-state index in [4.69, 9.17) is 0 Å². The number of nitrogens with one attached hydrogen (secondary N) is 1. The topological polar surface area (TPSA) is 12.0 Å². The molecule has 0 aliphatic carbocycles. The Labute approximate surface area is 115 Å². The molecule has 0 spiro atoms. The van der Waals surface area contributed by atoms with Crippen molar-refractivity contribution >= 4 is 39.0 Å². The molecule has 4 heteroatoms. The van der Waals surface area contributed by atoms with Crippen LogP contribution in [-0.2, 0) is 6.54 Å². The molecule has 16 heavy (non-hydrogen) atoms. The molecule has 1 atom stereocenters. The third kappa shape index (κ3) is 3.25. The summed E-state index contributed by atoms with van der Waals surface area (Å²) in [5.74, 6) is 1.34. The third-order valence-corrected chi connectivity index (χ3v) is 6.68. The highest BCUT2D eigenvalue weighted by Crippen LogP contribution is 2.37. The molecule has 0 radical (unpaired) electrons. The van der Waals surface area contributed by atoms with E-state index in [1.165, 1.54) is 32.8 Å². The summed E-state index contributed by atoms with van der Waals surface area (Å²) in [5.41, 5.74) is 1.35. The predicted molar refractivity (Wildman–Crippen MR) is 78.6 cm³/mol. The van der Waals surface area contributed by atoms with Crippen molar-refractivity contribution in [3.05, 3.63) is 20.3 Å². The van der Waals surface area contributed by atoms with E-state index in [-0.39, 0.29) is 0 Å². The summed E-state index contributed by atoms with van der Waals surface area (Å²) >= 11 is 7.53.